The first kappa shape index (κ1) is 10.1. The quantitative estimate of drug-likeness (QED) is 0.737. The first-order valence-corrected chi connectivity index (χ1v) is 5.62. The van der Waals surface area contributed by atoms with Gasteiger partial charge in [-0.15, -0.1) is 6.58 Å². The number of fused-ring (bicyclic) bond motifs is 1. The molecule has 1 heterocycles. The lowest BCUT2D eigenvalue weighted by atomic mass is 10.2. The number of pyridine rings is 1. The molecule has 0 amide bonds. The lowest BCUT2D eigenvalue weighted by Gasteiger charge is -2.06. The predicted molar refractivity (Wildman–Crippen MR) is 66.3 cm³/mol. The summed E-state index contributed by atoms with van der Waals surface area (Å²) in [4.78, 5) is 11.6. The summed E-state index contributed by atoms with van der Waals surface area (Å²) in [6.07, 6.45) is 1.79. The van der Waals surface area contributed by atoms with Gasteiger partial charge in [-0.25, -0.2) is 3.97 Å². The SMILES string of the molecule is C=CCSn1c(=O)ccc2ccccc21. The standard InChI is InChI=1S/C12H11NOS/c1-2-9-15-13-11-6-4-3-5-10(11)7-8-12(13)14/h2-8H,1,9H2. The molecule has 0 spiro atoms. The number of benzene rings is 1. The zero-order valence-corrected chi connectivity index (χ0v) is 9.04. The van der Waals surface area contributed by atoms with Crippen molar-refractivity contribution in [1.29, 1.82) is 0 Å². The fourth-order valence-corrected chi connectivity index (χ4v) is 2.17. The number of aromatic nitrogens is 1. The van der Waals surface area contributed by atoms with Crippen LogP contribution in [0.15, 0.2) is 53.8 Å². The third-order valence-electron chi connectivity index (χ3n) is 2.08. The van der Waals surface area contributed by atoms with E-state index in [0.29, 0.717) is 0 Å². The van der Waals surface area contributed by atoms with Gasteiger partial charge in [0, 0.05) is 11.8 Å². The van der Waals surface area contributed by atoms with Crippen molar-refractivity contribution < 1.29 is 0 Å². The lowest BCUT2D eigenvalue weighted by Crippen LogP contribution is -2.13. The minimum Gasteiger partial charge on any atom is -0.268 e. The maximum atomic E-state index is 11.6. The van der Waals surface area contributed by atoms with Gasteiger partial charge in [0.25, 0.3) is 5.56 Å². The highest BCUT2D eigenvalue weighted by molar-refractivity contribution is 7.98. The number of rotatable bonds is 3. The van der Waals surface area contributed by atoms with E-state index in [1.54, 1.807) is 16.1 Å². The largest absolute Gasteiger partial charge is 0.268 e. The molecule has 15 heavy (non-hydrogen) atoms. The monoisotopic (exact) mass is 217 g/mol. The minimum absolute atomic E-state index is 0.0144. The van der Waals surface area contributed by atoms with Crippen molar-refractivity contribution in [3.63, 3.8) is 0 Å². The Morgan fingerprint density at radius 3 is 2.87 bits per heavy atom. The first-order chi connectivity index (χ1) is 7.33. The average Bonchev–Trinajstić information content (AvgIpc) is 2.28. The van der Waals surface area contributed by atoms with E-state index in [1.807, 2.05) is 30.3 Å². The summed E-state index contributed by atoms with van der Waals surface area (Å²) >= 11 is 1.46. The molecule has 76 valence electrons. The predicted octanol–water partition coefficient (Wildman–Crippen LogP) is 2.68. The molecule has 1 aromatic heterocycles. The van der Waals surface area contributed by atoms with E-state index in [4.69, 9.17) is 0 Å². The van der Waals surface area contributed by atoms with Crippen LogP contribution in [-0.2, 0) is 0 Å². The molecule has 0 saturated heterocycles. The molecule has 0 saturated carbocycles. The minimum atomic E-state index is 0.0144. The van der Waals surface area contributed by atoms with Gasteiger partial charge >= 0.3 is 0 Å². The van der Waals surface area contributed by atoms with Crippen LogP contribution in [0, 0.1) is 0 Å². The maximum absolute atomic E-state index is 11.6. The third kappa shape index (κ3) is 1.97. The van der Waals surface area contributed by atoms with E-state index in [2.05, 4.69) is 6.58 Å². The molecule has 0 atom stereocenters. The van der Waals surface area contributed by atoms with Crippen molar-refractivity contribution >= 4 is 22.9 Å². The van der Waals surface area contributed by atoms with Crippen molar-refractivity contribution in [2.45, 2.75) is 0 Å². The number of hydrogen-bond acceptors (Lipinski definition) is 2. The van der Waals surface area contributed by atoms with Crippen LogP contribution in [0.3, 0.4) is 0 Å². The molecule has 0 radical (unpaired) electrons. The number of para-hydroxylation sites is 1. The lowest BCUT2D eigenvalue weighted by molar-refractivity contribution is 1.21. The van der Waals surface area contributed by atoms with Gasteiger partial charge in [0.05, 0.1) is 5.52 Å². The van der Waals surface area contributed by atoms with Gasteiger partial charge in [-0.3, -0.25) is 4.79 Å². The normalized spacial score (nSPS) is 10.4. The molecule has 0 bridgehead atoms. The smallest absolute Gasteiger partial charge is 0.261 e. The van der Waals surface area contributed by atoms with Gasteiger partial charge in [0.15, 0.2) is 0 Å². The maximum Gasteiger partial charge on any atom is 0.261 e. The van der Waals surface area contributed by atoms with Crippen molar-refractivity contribution in [2.24, 2.45) is 0 Å². The first-order valence-electron chi connectivity index (χ1n) is 4.68. The van der Waals surface area contributed by atoms with E-state index in [1.165, 1.54) is 11.9 Å². The second kappa shape index (κ2) is 4.36. The van der Waals surface area contributed by atoms with Crippen molar-refractivity contribution in [3.8, 4) is 0 Å². The van der Waals surface area contributed by atoms with E-state index in [9.17, 15) is 4.79 Å². The Labute approximate surface area is 92.4 Å². The second-order valence-electron chi connectivity index (χ2n) is 3.11. The molecule has 0 aliphatic rings. The number of nitrogens with zero attached hydrogens (tertiary/aromatic N) is 1. The van der Waals surface area contributed by atoms with Crippen LogP contribution in [0.25, 0.3) is 10.9 Å². The second-order valence-corrected chi connectivity index (χ2v) is 4.07. The van der Waals surface area contributed by atoms with Gasteiger partial charge < -0.3 is 0 Å². The molecule has 2 aromatic rings. The van der Waals surface area contributed by atoms with E-state index in [-0.39, 0.29) is 5.56 Å². The Morgan fingerprint density at radius 2 is 2.07 bits per heavy atom. The number of hydrogen-bond donors (Lipinski definition) is 0. The third-order valence-corrected chi connectivity index (χ3v) is 3.10. The topological polar surface area (TPSA) is 22.0 Å². The summed E-state index contributed by atoms with van der Waals surface area (Å²) in [5.74, 6) is 0.730. The molecule has 2 rings (SSSR count). The Bertz CT molecular complexity index is 545. The molecule has 1 aromatic carbocycles. The van der Waals surface area contributed by atoms with Crippen LogP contribution >= 0.6 is 11.9 Å². The van der Waals surface area contributed by atoms with Crippen LogP contribution in [-0.4, -0.2) is 9.73 Å². The Hall–Kier alpha value is -1.48. The summed E-state index contributed by atoms with van der Waals surface area (Å²) in [6, 6.07) is 11.3. The molecule has 3 heteroatoms. The van der Waals surface area contributed by atoms with Gasteiger partial charge in [-0.2, -0.15) is 0 Å². The fraction of sp³-hybridized carbons (Fsp3) is 0.0833. The molecular weight excluding hydrogens is 206 g/mol. The van der Waals surface area contributed by atoms with Crippen molar-refractivity contribution in [2.75, 3.05) is 5.75 Å². The Morgan fingerprint density at radius 1 is 1.27 bits per heavy atom. The van der Waals surface area contributed by atoms with Gasteiger partial charge in [0.1, 0.15) is 0 Å². The zero-order valence-electron chi connectivity index (χ0n) is 8.22. The molecule has 0 aliphatic carbocycles. The van der Waals surface area contributed by atoms with Crippen LogP contribution in [0.4, 0.5) is 0 Å². The molecule has 0 unspecified atom stereocenters. The Kier molecular flexibility index (Phi) is 2.92. The van der Waals surface area contributed by atoms with Crippen LogP contribution in [0.5, 0.6) is 0 Å². The van der Waals surface area contributed by atoms with Gasteiger partial charge in [0.2, 0.25) is 0 Å². The molecule has 0 fully saturated rings. The Balaban J connectivity index is 2.63. The molecular formula is C12H11NOS. The van der Waals surface area contributed by atoms with Gasteiger partial charge in [-0.05, 0) is 29.5 Å². The van der Waals surface area contributed by atoms with E-state index < -0.39 is 0 Å². The van der Waals surface area contributed by atoms with Crippen molar-refractivity contribution in [3.05, 3.63) is 59.4 Å². The summed E-state index contributed by atoms with van der Waals surface area (Å²) in [7, 11) is 0. The van der Waals surface area contributed by atoms with E-state index in [0.717, 1.165) is 16.7 Å². The summed E-state index contributed by atoms with van der Waals surface area (Å²) in [6.45, 7) is 3.65. The summed E-state index contributed by atoms with van der Waals surface area (Å²) < 4.78 is 1.71. The average molecular weight is 217 g/mol. The van der Waals surface area contributed by atoms with Crippen LogP contribution in [0.2, 0.25) is 0 Å². The summed E-state index contributed by atoms with van der Waals surface area (Å²) in [5, 5.41) is 1.08. The van der Waals surface area contributed by atoms with Gasteiger partial charge in [-0.1, -0.05) is 24.3 Å². The van der Waals surface area contributed by atoms with E-state index >= 15 is 0 Å². The molecule has 0 N–H and O–H groups in total. The summed E-state index contributed by atoms with van der Waals surface area (Å²) in [5.41, 5.74) is 0.970. The highest BCUT2D eigenvalue weighted by Crippen LogP contribution is 2.15. The molecule has 0 aliphatic heterocycles. The van der Waals surface area contributed by atoms with Crippen LogP contribution in [0.1, 0.15) is 0 Å². The molecule has 2 nitrogen and oxygen atoms in total. The highest BCUT2D eigenvalue weighted by Gasteiger charge is 2.01. The van der Waals surface area contributed by atoms with Crippen LogP contribution < -0.4 is 5.56 Å². The zero-order chi connectivity index (χ0) is 10.7. The van der Waals surface area contributed by atoms with Crippen molar-refractivity contribution in [1.82, 2.24) is 3.97 Å². The fourth-order valence-electron chi connectivity index (χ4n) is 1.42. The highest BCUT2D eigenvalue weighted by atomic mass is 32.2.